The zero-order chi connectivity index (χ0) is 10.3. The van der Waals surface area contributed by atoms with Crippen molar-refractivity contribution < 1.29 is 9.53 Å². The number of carbonyl (C=O) groups excluding carboxylic acids is 1. The van der Waals surface area contributed by atoms with Crippen LogP contribution in [-0.4, -0.2) is 25.3 Å². The molecular formula is C9H20N2O2. The van der Waals surface area contributed by atoms with E-state index in [9.17, 15) is 4.79 Å². The van der Waals surface area contributed by atoms with Gasteiger partial charge in [0.1, 0.15) is 6.61 Å². The van der Waals surface area contributed by atoms with Crippen LogP contribution in [0.2, 0.25) is 0 Å². The van der Waals surface area contributed by atoms with Gasteiger partial charge < -0.3 is 15.8 Å². The zero-order valence-corrected chi connectivity index (χ0v) is 8.67. The first-order valence-corrected chi connectivity index (χ1v) is 4.73. The minimum Gasteiger partial charge on any atom is -0.448 e. The van der Waals surface area contributed by atoms with Gasteiger partial charge in [-0.15, -0.1) is 0 Å². The van der Waals surface area contributed by atoms with Crippen molar-refractivity contribution in [2.75, 3.05) is 13.2 Å². The molecule has 0 aromatic heterocycles. The Balaban J connectivity index is 3.44. The Bertz CT molecular complexity index is 149. The van der Waals surface area contributed by atoms with Crippen LogP contribution in [0.25, 0.3) is 0 Å². The minimum atomic E-state index is -0.709. The molecule has 0 saturated carbocycles. The second kappa shape index (κ2) is 6.71. The topological polar surface area (TPSA) is 64.3 Å². The summed E-state index contributed by atoms with van der Waals surface area (Å²) in [6.07, 6.45) is 0.369. The normalized spacial score (nSPS) is 12.9. The maximum atomic E-state index is 10.2. The van der Waals surface area contributed by atoms with E-state index in [1.807, 2.05) is 0 Å². The summed E-state index contributed by atoms with van der Waals surface area (Å²) in [5, 5.41) is 3.29. The molecule has 0 saturated heterocycles. The summed E-state index contributed by atoms with van der Waals surface area (Å²) < 4.78 is 4.59. The molecule has 0 bridgehead atoms. The lowest BCUT2D eigenvalue weighted by atomic mass is 10.0. The van der Waals surface area contributed by atoms with Gasteiger partial charge in [-0.3, -0.25) is 0 Å². The molecule has 4 heteroatoms. The van der Waals surface area contributed by atoms with Gasteiger partial charge in [-0.25, -0.2) is 4.79 Å². The second-order valence-corrected chi connectivity index (χ2v) is 3.38. The van der Waals surface area contributed by atoms with Gasteiger partial charge in [-0.2, -0.15) is 0 Å². The summed E-state index contributed by atoms with van der Waals surface area (Å²) in [7, 11) is 0. The van der Waals surface area contributed by atoms with E-state index < -0.39 is 6.09 Å². The fourth-order valence-corrected chi connectivity index (χ4v) is 1.25. The van der Waals surface area contributed by atoms with Crippen molar-refractivity contribution in [1.82, 2.24) is 5.32 Å². The van der Waals surface area contributed by atoms with Gasteiger partial charge in [-0.1, -0.05) is 20.8 Å². The van der Waals surface area contributed by atoms with E-state index in [0.29, 0.717) is 25.1 Å². The average Bonchev–Trinajstić information content (AvgIpc) is 2.03. The van der Waals surface area contributed by atoms with Crippen LogP contribution in [0.5, 0.6) is 0 Å². The molecule has 0 fully saturated rings. The van der Waals surface area contributed by atoms with Crippen molar-refractivity contribution >= 4 is 6.09 Å². The molecule has 1 unspecified atom stereocenters. The summed E-state index contributed by atoms with van der Waals surface area (Å²) in [4.78, 5) is 10.2. The Morgan fingerprint density at radius 2 is 2.15 bits per heavy atom. The Morgan fingerprint density at radius 3 is 2.54 bits per heavy atom. The molecule has 0 aliphatic rings. The van der Waals surface area contributed by atoms with Crippen molar-refractivity contribution in [2.24, 2.45) is 11.7 Å². The van der Waals surface area contributed by atoms with E-state index in [1.54, 1.807) is 0 Å². The lowest BCUT2D eigenvalue weighted by molar-refractivity contribution is 0.155. The maximum absolute atomic E-state index is 10.2. The van der Waals surface area contributed by atoms with Gasteiger partial charge in [0, 0.05) is 12.6 Å². The van der Waals surface area contributed by atoms with Crippen LogP contribution < -0.4 is 11.1 Å². The third-order valence-electron chi connectivity index (χ3n) is 2.00. The van der Waals surface area contributed by atoms with E-state index in [-0.39, 0.29) is 0 Å². The molecular weight excluding hydrogens is 168 g/mol. The van der Waals surface area contributed by atoms with Crippen molar-refractivity contribution in [1.29, 1.82) is 0 Å². The third kappa shape index (κ3) is 6.40. The largest absolute Gasteiger partial charge is 0.448 e. The number of ether oxygens (including phenoxy) is 1. The molecule has 13 heavy (non-hydrogen) atoms. The van der Waals surface area contributed by atoms with E-state index in [0.717, 1.165) is 6.42 Å². The summed E-state index contributed by atoms with van der Waals surface area (Å²) in [6.45, 7) is 7.47. The molecule has 3 N–H and O–H groups in total. The van der Waals surface area contributed by atoms with Crippen LogP contribution >= 0.6 is 0 Å². The predicted molar refractivity (Wildman–Crippen MR) is 52.5 cm³/mol. The highest BCUT2D eigenvalue weighted by Gasteiger charge is 2.09. The van der Waals surface area contributed by atoms with Crippen molar-refractivity contribution in [2.45, 2.75) is 33.2 Å². The number of hydrogen-bond acceptors (Lipinski definition) is 3. The summed E-state index contributed by atoms with van der Waals surface area (Å²) in [5.74, 6) is 0.596. The van der Waals surface area contributed by atoms with Crippen LogP contribution in [-0.2, 0) is 4.74 Å². The van der Waals surface area contributed by atoms with Crippen molar-refractivity contribution in [3.8, 4) is 0 Å². The fourth-order valence-electron chi connectivity index (χ4n) is 1.25. The first kappa shape index (κ1) is 12.2. The number of nitrogens with two attached hydrogens (primary N) is 1. The Morgan fingerprint density at radius 1 is 1.54 bits per heavy atom. The molecule has 0 rings (SSSR count). The highest BCUT2D eigenvalue weighted by Crippen LogP contribution is 2.04. The SMILES string of the molecule is CCC(NCCOC(N)=O)C(C)C. The van der Waals surface area contributed by atoms with Gasteiger partial charge in [0.25, 0.3) is 0 Å². The molecule has 0 heterocycles. The minimum absolute atomic E-state index is 0.346. The molecule has 1 atom stereocenters. The van der Waals surface area contributed by atoms with Crippen LogP contribution in [0, 0.1) is 5.92 Å². The van der Waals surface area contributed by atoms with Crippen molar-refractivity contribution in [3.05, 3.63) is 0 Å². The molecule has 0 aromatic carbocycles. The van der Waals surface area contributed by atoms with Gasteiger partial charge in [-0.05, 0) is 12.3 Å². The van der Waals surface area contributed by atoms with E-state index in [2.05, 4.69) is 30.8 Å². The third-order valence-corrected chi connectivity index (χ3v) is 2.00. The average molecular weight is 188 g/mol. The monoisotopic (exact) mass is 188 g/mol. The lowest BCUT2D eigenvalue weighted by Crippen LogP contribution is -2.36. The predicted octanol–water partition coefficient (Wildman–Crippen LogP) is 1.11. The zero-order valence-electron chi connectivity index (χ0n) is 8.67. The molecule has 0 aliphatic heterocycles. The standard InChI is InChI=1S/C9H20N2O2/c1-4-8(7(2)3)11-5-6-13-9(10)12/h7-8,11H,4-6H2,1-3H3,(H2,10,12). The number of nitrogens with one attached hydrogen (secondary N) is 1. The smallest absolute Gasteiger partial charge is 0.404 e. The molecule has 1 amide bonds. The summed E-state index contributed by atoms with van der Waals surface area (Å²) in [6, 6.07) is 0.483. The van der Waals surface area contributed by atoms with Crippen LogP contribution in [0.15, 0.2) is 0 Å². The van der Waals surface area contributed by atoms with Gasteiger partial charge in [0.2, 0.25) is 0 Å². The van der Waals surface area contributed by atoms with E-state index >= 15 is 0 Å². The van der Waals surface area contributed by atoms with Gasteiger partial charge >= 0.3 is 6.09 Å². The number of primary amides is 1. The molecule has 0 aromatic rings. The summed E-state index contributed by atoms with van der Waals surface area (Å²) >= 11 is 0. The van der Waals surface area contributed by atoms with Crippen LogP contribution in [0.3, 0.4) is 0 Å². The Kier molecular flexibility index (Phi) is 6.32. The number of amides is 1. The molecule has 4 nitrogen and oxygen atoms in total. The first-order chi connectivity index (χ1) is 6.07. The van der Waals surface area contributed by atoms with E-state index in [1.165, 1.54) is 0 Å². The number of rotatable bonds is 6. The first-order valence-electron chi connectivity index (χ1n) is 4.73. The van der Waals surface area contributed by atoms with E-state index in [4.69, 9.17) is 5.73 Å². The fraction of sp³-hybridized carbons (Fsp3) is 0.889. The highest BCUT2D eigenvalue weighted by atomic mass is 16.5. The molecule has 0 spiro atoms. The Hall–Kier alpha value is -0.770. The number of hydrogen-bond donors (Lipinski definition) is 2. The van der Waals surface area contributed by atoms with Gasteiger partial charge in [0.15, 0.2) is 0 Å². The highest BCUT2D eigenvalue weighted by molar-refractivity contribution is 5.64. The lowest BCUT2D eigenvalue weighted by Gasteiger charge is -2.20. The summed E-state index contributed by atoms with van der Waals surface area (Å²) in [5.41, 5.74) is 4.81. The van der Waals surface area contributed by atoms with Gasteiger partial charge in [0.05, 0.1) is 0 Å². The quantitative estimate of drug-likeness (QED) is 0.614. The number of carbonyl (C=O) groups is 1. The van der Waals surface area contributed by atoms with Crippen LogP contribution in [0.1, 0.15) is 27.2 Å². The van der Waals surface area contributed by atoms with Crippen molar-refractivity contribution in [3.63, 3.8) is 0 Å². The van der Waals surface area contributed by atoms with Crippen LogP contribution in [0.4, 0.5) is 4.79 Å². The second-order valence-electron chi connectivity index (χ2n) is 3.38. The molecule has 78 valence electrons. The molecule has 0 radical (unpaired) electrons. The Labute approximate surface area is 79.8 Å². The maximum Gasteiger partial charge on any atom is 0.404 e. The molecule has 0 aliphatic carbocycles.